The molecule has 0 aromatic carbocycles. The molecule has 0 spiro atoms. The smallest absolute Gasteiger partial charge is 0.268 e. The van der Waals surface area contributed by atoms with Gasteiger partial charge in [0, 0.05) is 12.3 Å². The number of halogens is 3. The van der Waals surface area contributed by atoms with E-state index in [9.17, 15) is 18.0 Å². The highest BCUT2D eigenvalue weighted by Gasteiger charge is 2.34. The summed E-state index contributed by atoms with van der Waals surface area (Å²) in [6.07, 6.45) is -3.38. The average Bonchev–Trinajstić information content (AvgIpc) is 2.67. The summed E-state index contributed by atoms with van der Waals surface area (Å²) in [4.78, 5) is 14.2. The Morgan fingerprint density at radius 1 is 1.31 bits per heavy atom. The molecule has 84 valence electrons. The van der Waals surface area contributed by atoms with Crippen LogP contribution in [0.4, 0.5) is 13.2 Å². The fraction of sp³-hybridized carbons (Fsp3) is 0.125. The molecule has 0 saturated carbocycles. The zero-order valence-corrected chi connectivity index (χ0v) is 8.39. The Labute approximate surface area is 90.8 Å². The number of hydrogen-bond donors (Lipinski definition) is 1. The van der Waals surface area contributed by atoms with Crippen molar-refractivity contribution in [2.24, 2.45) is 0 Å². The summed E-state index contributed by atoms with van der Waals surface area (Å²) in [7, 11) is 0. The Hall–Kier alpha value is -1.70. The van der Waals surface area contributed by atoms with E-state index in [1.54, 1.807) is 0 Å². The van der Waals surface area contributed by atoms with Gasteiger partial charge in [0.1, 0.15) is 5.69 Å². The zero-order valence-electron chi connectivity index (χ0n) is 7.58. The predicted octanol–water partition coefficient (Wildman–Crippen LogP) is 1.91. The number of hydrogen-bond acceptors (Lipinski definition) is 4. The van der Waals surface area contributed by atoms with E-state index >= 15 is 0 Å². The lowest BCUT2D eigenvalue weighted by molar-refractivity contribution is -0.137. The zero-order chi connectivity index (χ0) is 11.8. The second kappa shape index (κ2) is 3.71. The van der Waals surface area contributed by atoms with E-state index in [2.05, 4.69) is 15.2 Å². The van der Waals surface area contributed by atoms with E-state index in [0.717, 1.165) is 6.20 Å². The van der Waals surface area contributed by atoms with E-state index in [1.807, 2.05) is 0 Å². The molecule has 4 nitrogen and oxygen atoms in total. The van der Waals surface area contributed by atoms with Gasteiger partial charge in [-0.2, -0.15) is 18.3 Å². The summed E-state index contributed by atoms with van der Waals surface area (Å²) in [5.41, 5.74) is -0.156. The quantitative estimate of drug-likeness (QED) is 0.837. The van der Waals surface area contributed by atoms with E-state index in [-0.39, 0.29) is 10.6 Å². The lowest BCUT2D eigenvalue weighted by atomic mass is 10.3. The molecule has 0 bridgehead atoms. The van der Waals surface area contributed by atoms with Crippen LogP contribution in [0.15, 0.2) is 23.1 Å². The van der Waals surface area contributed by atoms with Crippen molar-refractivity contribution >= 4 is 11.3 Å². The van der Waals surface area contributed by atoms with Crippen molar-refractivity contribution in [2.45, 2.75) is 6.18 Å². The molecule has 0 aliphatic rings. The number of aromatic amines is 1. The van der Waals surface area contributed by atoms with Crippen LogP contribution in [0.25, 0.3) is 10.6 Å². The van der Waals surface area contributed by atoms with Crippen LogP contribution in [0.2, 0.25) is 0 Å². The van der Waals surface area contributed by atoms with Crippen molar-refractivity contribution < 1.29 is 13.2 Å². The SMILES string of the molecule is O=c1ccc(-c2cnc(C(F)(F)F)s2)n[nH]1. The highest BCUT2D eigenvalue weighted by Crippen LogP contribution is 2.35. The topological polar surface area (TPSA) is 58.6 Å². The Bertz CT molecular complexity index is 540. The predicted molar refractivity (Wildman–Crippen MR) is 51.0 cm³/mol. The van der Waals surface area contributed by atoms with Crippen LogP contribution in [0, 0.1) is 0 Å². The Morgan fingerprint density at radius 2 is 2.06 bits per heavy atom. The van der Waals surface area contributed by atoms with Crippen LogP contribution in [0.5, 0.6) is 0 Å². The minimum atomic E-state index is -4.45. The van der Waals surface area contributed by atoms with Crippen molar-refractivity contribution in [1.82, 2.24) is 15.2 Å². The van der Waals surface area contributed by atoms with Gasteiger partial charge >= 0.3 is 6.18 Å². The maximum absolute atomic E-state index is 12.3. The Kier molecular flexibility index (Phi) is 2.50. The summed E-state index contributed by atoms with van der Waals surface area (Å²) >= 11 is 0.478. The second-order valence-corrected chi connectivity index (χ2v) is 3.86. The monoisotopic (exact) mass is 247 g/mol. The van der Waals surface area contributed by atoms with E-state index in [4.69, 9.17) is 0 Å². The molecule has 0 aliphatic heterocycles. The first-order valence-electron chi connectivity index (χ1n) is 4.06. The molecule has 0 saturated heterocycles. The third kappa shape index (κ3) is 2.11. The van der Waals surface area contributed by atoms with Crippen LogP contribution in [0.1, 0.15) is 5.01 Å². The summed E-state index contributed by atoms with van der Waals surface area (Å²) in [5, 5.41) is 4.81. The molecule has 0 radical (unpaired) electrons. The van der Waals surface area contributed by atoms with Crippen LogP contribution >= 0.6 is 11.3 Å². The molecule has 0 amide bonds. The van der Waals surface area contributed by atoms with Gasteiger partial charge in [0.2, 0.25) is 0 Å². The number of aromatic nitrogens is 3. The van der Waals surface area contributed by atoms with E-state index in [1.165, 1.54) is 12.1 Å². The summed E-state index contributed by atoms with van der Waals surface area (Å²) in [5.74, 6) is 0. The Balaban J connectivity index is 2.39. The molecular formula is C8H4F3N3OS. The van der Waals surface area contributed by atoms with Crippen LogP contribution in [-0.2, 0) is 6.18 Å². The highest BCUT2D eigenvalue weighted by atomic mass is 32.1. The largest absolute Gasteiger partial charge is 0.443 e. The lowest BCUT2D eigenvalue weighted by Crippen LogP contribution is -2.05. The summed E-state index contributed by atoms with van der Waals surface area (Å²) in [6.45, 7) is 0. The molecule has 2 rings (SSSR count). The molecule has 2 heterocycles. The third-order valence-corrected chi connectivity index (χ3v) is 2.74. The molecule has 0 unspecified atom stereocenters. The molecular weight excluding hydrogens is 243 g/mol. The fourth-order valence-corrected chi connectivity index (χ4v) is 1.76. The maximum Gasteiger partial charge on any atom is 0.443 e. The van der Waals surface area contributed by atoms with Crippen molar-refractivity contribution in [3.8, 4) is 10.6 Å². The van der Waals surface area contributed by atoms with Gasteiger partial charge in [0.05, 0.1) is 4.88 Å². The van der Waals surface area contributed by atoms with Gasteiger partial charge in [-0.25, -0.2) is 10.1 Å². The van der Waals surface area contributed by atoms with Crippen LogP contribution in [-0.4, -0.2) is 15.2 Å². The van der Waals surface area contributed by atoms with Gasteiger partial charge in [-0.3, -0.25) is 4.79 Å². The normalized spacial score (nSPS) is 11.7. The van der Waals surface area contributed by atoms with Crippen molar-refractivity contribution in [3.63, 3.8) is 0 Å². The first-order chi connectivity index (χ1) is 7.47. The van der Waals surface area contributed by atoms with E-state index < -0.39 is 16.7 Å². The molecule has 1 N–H and O–H groups in total. The maximum atomic E-state index is 12.3. The first kappa shape index (κ1) is 10.8. The molecule has 16 heavy (non-hydrogen) atoms. The fourth-order valence-electron chi connectivity index (χ4n) is 1.01. The van der Waals surface area contributed by atoms with Gasteiger partial charge in [-0.15, -0.1) is 11.3 Å². The third-order valence-electron chi connectivity index (χ3n) is 1.68. The van der Waals surface area contributed by atoms with Crippen molar-refractivity contribution in [1.29, 1.82) is 0 Å². The van der Waals surface area contributed by atoms with Gasteiger partial charge < -0.3 is 0 Å². The molecule has 2 aromatic heterocycles. The highest BCUT2D eigenvalue weighted by molar-refractivity contribution is 7.15. The first-order valence-corrected chi connectivity index (χ1v) is 4.87. The molecule has 0 atom stereocenters. The molecule has 0 aliphatic carbocycles. The number of thiazole rings is 1. The number of nitrogens with zero attached hydrogens (tertiary/aromatic N) is 2. The summed E-state index contributed by atoms with van der Waals surface area (Å²) < 4.78 is 36.8. The van der Waals surface area contributed by atoms with Gasteiger partial charge in [0.15, 0.2) is 5.01 Å². The number of rotatable bonds is 1. The molecule has 8 heteroatoms. The minimum absolute atomic E-state index is 0.253. The number of alkyl halides is 3. The minimum Gasteiger partial charge on any atom is -0.268 e. The average molecular weight is 247 g/mol. The Morgan fingerprint density at radius 3 is 2.56 bits per heavy atom. The second-order valence-electron chi connectivity index (χ2n) is 2.83. The van der Waals surface area contributed by atoms with Gasteiger partial charge in [-0.1, -0.05) is 0 Å². The van der Waals surface area contributed by atoms with Crippen molar-refractivity contribution in [3.05, 3.63) is 33.7 Å². The molecule has 2 aromatic rings. The van der Waals surface area contributed by atoms with Gasteiger partial charge in [-0.05, 0) is 6.07 Å². The van der Waals surface area contributed by atoms with Crippen LogP contribution in [0.3, 0.4) is 0 Å². The van der Waals surface area contributed by atoms with Crippen molar-refractivity contribution in [2.75, 3.05) is 0 Å². The molecule has 0 fully saturated rings. The van der Waals surface area contributed by atoms with E-state index in [0.29, 0.717) is 11.3 Å². The number of H-pyrrole nitrogens is 1. The number of nitrogens with one attached hydrogen (secondary N) is 1. The lowest BCUT2D eigenvalue weighted by Gasteiger charge is -1.98. The summed E-state index contributed by atoms with van der Waals surface area (Å²) in [6, 6.07) is 2.53. The standard InChI is InChI=1S/C8H4F3N3OS/c9-8(10,11)7-12-3-5(16-7)4-1-2-6(15)14-13-4/h1-3H,(H,14,15). The van der Waals surface area contributed by atoms with Crippen LogP contribution < -0.4 is 5.56 Å². The van der Waals surface area contributed by atoms with Gasteiger partial charge in [0.25, 0.3) is 5.56 Å².